The molecule has 2 aliphatic rings. The third kappa shape index (κ3) is 5.30. The highest BCUT2D eigenvalue weighted by molar-refractivity contribution is 6.99. The predicted octanol–water partition coefficient (Wildman–Crippen LogP) is 6.93. The lowest BCUT2D eigenvalue weighted by atomic mass is 9.70. The highest BCUT2D eigenvalue weighted by Crippen LogP contribution is 2.44. The minimum atomic E-state index is -2.58. The standard InChI is InChI=1S/C34H40O3Si/c1-34(2,3)38(28-18-9-5-10-19-28,29-20-11-6-12-21-29)36-25-27-17-13-23-31-30(27)22-14-24-32(31)37-33(35)26-15-7-4-8-16-26/h4-12,15-16,18-21,23,27,30,32H,13-14,17,22,24-25H2,1-3H3/t27-,30?,32-/m0/s1. The van der Waals surface area contributed by atoms with E-state index in [0.717, 1.165) is 38.7 Å². The Morgan fingerprint density at radius 2 is 1.39 bits per heavy atom. The molecule has 2 aliphatic carbocycles. The Morgan fingerprint density at radius 3 is 1.97 bits per heavy atom. The van der Waals surface area contributed by atoms with E-state index < -0.39 is 8.32 Å². The lowest BCUT2D eigenvalue weighted by Crippen LogP contribution is -2.67. The number of carbonyl (C=O) groups is 1. The molecule has 0 aliphatic heterocycles. The molecule has 1 unspecified atom stereocenters. The number of allylic oxidation sites excluding steroid dienone is 1. The van der Waals surface area contributed by atoms with Crippen LogP contribution in [0.3, 0.4) is 0 Å². The molecular formula is C34H40O3Si. The molecule has 5 rings (SSSR count). The van der Waals surface area contributed by atoms with Crippen molar-refractivity contribution >= 4 is 24.7 Å². The van der Waals surface area contributed by atoms with Crippen LogP contribution in [0.15, 0.2) is 103 Å². The molecule has 0 spiro atoms. The summed E-state index contributed by atoms with van der Waals surface area (Å²) in [5, 5.41) is 2.61. The van der Waals surface area contributed by atoms with Gasteiger partial charge in [-0.2, -0.15) is 0 Å². The lowest BCUT2D eigenvalue weighted by molar-refractivity contribution is 0.0250. The second-order valence-electron chi connectivity index (χ2n) is 11.8. The van der Waals surface area contributed by atoms with Crippen LogP contribution in [0.25, 0.3) is 0 Å². The first-order valence-corrected chi connectivity index (χ1v) is 16.0. The molecule has 3 aromatic carbocycles. The van der Waals surface area contributed by atoms with Gasteiger partial charge in [0.05, 0.1) is 5.56 Å². The fraction of sp³-hybridized carbons (Fsp3) is 0.382. The first kappa shape index (κ1) is 26.6. The van der Waals surface area contributed by atoms with Crippen LogP contribution in [0.1, 0.15) is 63.2 Å². The molecule has 3 atom stereocenters. The molecule has 0 heterocycles. The van der Waals surface area contributed by atoms with E-state index in [1.807, 2.05) is 30.3 Å². The van der Waals surface area contributed by atoms with Crippen LogP contribution in [-0.4, -0.2) is 27.0 Å². The van der Waals surface area contributed by atoms with Crippen LogP contribution in [0, 0.1) is 11.8 Å². The van der Waals surface area contributed by atoms with Gasteiger partial charge in [-0.3, -0.25) is 0 Å². The summed E-state index contributed by atoms with van der Waals surface area (Å²) >= 11 is 0. The summed E-state index contributed by atoms with van der Waals surface area (Å²) < 4.78 is 13.4. The smallest absolute Gasteiger partial charge is 0.338 e. The fourth-order valence-corrected chi connectivity index (χ4v) is 11.3. The molecule has 38 heavy (non-hydrogen) atoms. The second-order valence-corrected chi connectivity index (χ2v) is 16.1. The molecule has 1 fully saturated rings. The highest BCUT2D eigenvalue weighted by Gasteiger charge is 2.51. The van der Waals surface area contributed by atoms with Crippen molar-refractivity contribution in [2.75, 3.05) is 6.61 Å². The van der Waals surface area contributed by atoms with Crippen LogP contribution in [0.2, 0.25) is 5.04 Å². The predicted molar refractivity (Wildman–Crippen MR) is 157 cm³/mol. The van der Waals surface area contributed by atoms with Gasteiger partial charge in [0.1, 0.15) is 6.10 Å². The van der Waals surface area contributed by atoms with E-state index in [-0.39, 0.29) is 17.1 Å². The summed E-state index contributed by atoms with van der Waals surface area (Å²) in [6.45, 7) is 7.75. The summed E-state index contributed by atoms with van der Waals surface area (Å²) in [6, 6.07) is 31.2. The van der Waals surface area contributed by atoms with Crippen LogP contribution >= 0.6 is 0 Å². The van der Waals surface area contributed by atoms with E-state index in [1.165, 1.54) is 15.9 Å². The van der Waals surface area contributed by atoms with Crippen LogP contribution in [0.4, 0.5) is 0 Å². The number of benzene rings is 3. The van der Waals surface area contributed by atoms with Gasteiger partial charge in [-0.25, -0.2) is 4.79 Å². The Kier molecular flexibility index (Phi) is 8.01. The lowest BCUT2D eigenvalue weighted by Gasteiger charge is -2.45. The maximum absolute atomic E-state index is 12.9. The molecule has 0 bridgehead atoms. The van der Waals surface area contributed by atoms with E-state index >= 15 is 0 Å². The second kappa shape index (κ2) is 11.4. The first-order chi connectivity index (χ1) is 18.4. The van der Waals surface area contributed by atoms with Gasteiger partial charge in [0, 0.05) is 6.61 Å². The molecular weight excluding hydrogens is 484 g/mol. The number of esters is 1. The quantitative estimate of drug-likeness (QED) is 0.191. The average molecular weight is 525 g/mol. The monoisotopic (exact) mass is 524 g/mol. The van der Waals surface area contributed by atoms with E-state index in [4.69, 9.17) is 9.16 Å². The van der Waals surface area contributed by atoms with E-state index in [2.05, 4.69) is 87.5 Å². The Labute approximate surface area is 229 Å². The molecule has 198 valence electrons. The third-order valence-electron chi connectivity index (χ3n) is 8.46. The maximum atomic E-state index is 12.9. The Bertz CT molecular complexity index is 1190. The fourth-order valence-electron chi connectivity index (χ4n) is 6.64. The number of rotatable bonds is 7. The van der Waals surface area contributed by atoms with Gasteiger partial charge in [-0.1, -0.05) is 106 Å². The van der Waals surface area contributed by atoms with Crippen molar-refractivity contribution < 1.29 is 14.0 Å². The largest absolute Gasteiger partial charge is 0.454 e. The molecule has 0 saturated heterocycles. The van der Waals surface area contributed by atoms with Crippen molar-refractivity contribution in [3.8, 4) is 0 Å². The zero-order valence-electron chi connectivity index (χ0n) is 22.9. The van der Waals surface area contributed by atoms with Crippen LogP contribution < -0.4 is 10.4 Å². The molecule has 3 aromatic rings. The molecule has 0 amide bonds. The van der Waals surface area contributed by atoms with Crippen LogP contribution in [-0.2, 0) is 9.16 Å². The van der Waals surface area contributed by atoms with E-state index in [9.17, 15) is 4.79 Å². The number of fused-ring (bicyclic) bond motifs is 1. The van der Waals surface area contributed by atoms with Crippen molar-refractivity contribution in [1.82, 2.24) is 0 Å². The minimum Gasteiger partial charge on any atom is -0.454 e. The molecule has 3 nitrogen and oxygen atoms in total. The summed E-state index contributed by atoms with van der Waals surface area (Å²) in [5.74, 6) is 0.613. The molecule has 4 heteroatoms. The van der Waals surface area contributed by atoms with Crippen molar-refractivity contribution in [2.45, 2.75) is 64.0 Å². The third-order valence-corrected chi connectivity index (χ3v) is 13.5. The molecule has 0 radical (unpaired) electrons. The Morgan fingerprint density at radius 1 is 0.816 bits per heavy atom. The zero-order chi connectivity index (χ0) is 26.6. The van der Waals surface area contributed by atoms with Gasteiger partial charge in [0.2, 0.25) is 0 Å². The van der Waals surface area contributed by atoms with Crippen molar-refractivity contribution in [3.05, 3.63) is 108 Å². The van der Waals surface area contributed by atoms with Gasteiger partial charge in [0.25, 0.3) is 8.32 Å². The van der Waals surface area contributed by atoms with E-state index in [0.29, 0.717) is 17.4 Å². The number of ether oxygens (including phenoxy) is 1. The summed E-state index contributed by atoms with van der Waals surface area (Å²) in [5.41, 5.74) is 1.94. The summed E-state index contributed by atoms with van der Waals surface area (Å²) in [4.78, 5) is 12.9. The topological polar surface area (TPSA) is 35.5 Å². The SMILES string of the molecule is CC(C)(C)[Si](OC[C@@H]1CCC=C2C1CCC[C@@H]2OC(=O)c1ccccc1)(c1ccccc1)c1ccccc1. The Balaban J connectivity index is 1.39. The van der Waals surface area contributed by atoms with Gasteiger partial charge >= 0.3 is 5.97 Å². The highest BCUT2D eigenvalue weighted by atomic mass is 28.4. The van der Waals surface area contributed by atoms with Crippen molar-refractivity contribution in [3.63, 3.8) is 0 Å². The maximum Gasteiger partial charge on any atom is 0.338 e. The molecule has 0 N–H and O–H groups in total. The van der Waals surface area contributed by atoms with Gasteiger partial charge < -0.3 is 9.16 Å². The summed E-state index contributed by atoms with van der Waals surface area (Å²) in [6.07, 6.45) is 7.47. The van der Waals surface area contributed by atoms with Crippen molar-refractivity contribution in [1.29, 1.82) is 0 Å². The number of hydrogen-bond donors (Lipinski definition) is 0. The van der Waals surface area contributed by atoms with Crippen molar-refractivity contribution in [2.24, 2.45) is 11.8 Å². The van der Waals surface area contributed by atoms with Crippen LogP contribution in [0.5, 0.6) is 0 Å². The van der Waals surface area contributed by atoms with Gasteiger partial charge in [0.15, 0.2) is 0 Å². The number of hydrogen-bond acceptors (Lipinski definition) is 3. The molecule has 1 saturated carbocycles. The Hall–Kier alpha value is -2.95. The minimum absolute atomic E-state index is 0.0383. The first-order valence-electron chi connectivity index (χ1n) is 14.1. The summed E-state index contributed by atoms with van der Waals surface area (Å²) in [7, 11) is -2.58. The number of carbonyl (C=O) groups excluding carboxylic acids is 1. The van der Waals surface area contributed by atoms with Gasteiger partial charge in [-0.05, 0) is 77.1 Å². The van der Waals surface area contributed by atoms with Gasteiger partial charge in [-0.15, -0.1) is 0 Å². The normalized spacial score (nSPS) is 21.8. The zero-order valence-corrected chi connectivity index (χ0v) is 23.9. The average Bonchev–Trinajstić information content (AvgIpc) is 2.94. The molecule has 0 aromatic heterocycles. The van der Waals surface area contributed by atoms with E-state index in [1.54, 1.807) is 0 Å².